The van der Waals surface area contributed by atoms with Crippen LogP contribution < -0.4 is 9.47 Å². The summed E-state index contributed by atoms with van der Waals surface area (Å²) in [6.07, 6.45) is 0. The van der Waals surface area contributed by atoms with Crippen molar-refractivity contribution < 1.29 is 19.2 Å². The Hall–Kier alpha value is -2.41. The second-order valence-corrected chi connectivity index (χ2v) is 4.89. The summed E-state index contributed by atoms with van der Waals surface area (Å²) in [4.78, 5) is 21.7. The molecule has 0 atom stereocenters. The van der Waals surface area contributed by atoms with Crippen molar-refractivity contribution in [1.29, 1.82) is 0 Å². The molecule has 0 fully saturated rings. The number of nitro groups is 1. The fourth-order valence-corrected chi connectivity index (χ4v) is 1.90. The van der Waals surface area contributed by atoms with E-state index in [2.05, 4.69) is 15.9 Å². The third-order valence-electron chi connectivity index (χ3n) is 2.41. The normalized spacial score (nSPS) is 9.95. The molecule has 0 radical (unpaired) electrons. The van der Waals surface area contributed by atoms with E-state index in [0.29, 0.717) is 5.75 Å². The molecule has 0 aliphatic rings. The Bertz CT molecular complexity index is 674. The molecule has 0 aliphatic carbocycles. The Balaban J connectivity index is 1.93. The highest BCUT2D eigenvalue weighted by atomic mass is 79.9. The van der Waals surface area contributed by atoms with Crippen LogP contribution in [0.3, 0.4) is 0 Å². The summed E-state index contributed by atoms with van der Waals surface area (Å²) in [6, 6.07) is 12.4. The van der Waals surface area contributed by atoms with E-state index in [1.807, 2.05) is 6.07 Å². The maximum atomic E-state index is 11.6. The summed E-state index contributed by atoms with van der Waals surface area (Å²) < 4.78 is 11.1. The summed E-state index contributed by atoms with van der Waals surface area (Å²) in [6.45, 7) is -0.293. The van der Waals surface area contributed by atoms with Crippen LogP contribution >= 0.6 is 15.9 Å². The second-order valence-electron chi connectivity index (χ2n) is 3.97. The molecule has 0 spiro atoms. The molecule has 0 unspecified atom stereocenters. The van der Waals surface area contributed by atoms with Gasteiger partial charge in [-0.1, -0.05) is 28.1 Å². The number of non-ortho nitro benzene ring substituents is 1. The van der Waals surface area contributed by atoms with Crippen molar-refractivity contribution in [3.63, 3.8) is 0 Å². The summed E-state index contributed by atoms with van der Waals surface area (Å²) in [7, 11) is 0. The summed E-state index contributed by atoms with van der Waals surface area (Å²) in [5, 5.41) is 10.6. The Morgan fingerprint density at radius 2 is 1.86 bits per heavy atom. The van der Waals surface area contributed by atoms with Crippen LogP contribution in [0.5, 0.6) is 11.5 Å². The second kappa shape index (κ2) is 6.85. The van der Waals surface area contributed by atoms with Gasteiger partial charge in [-0.15, -0.1) is 0 Å². The van der Waals surface area contributed by atoms with Crippen LogP contribution in [0.2, 0.25) is 0 Å². The minimum Gasteiger partial charge on any atom is -0.482 e. The highest BCUT2D eigenvalue weighted by Crippen LogP contribution is 2.20. The maximum Gasteiger partial charge on any atom is 0.349 e. The Labute approximate surface area is 128 Å². The number of rotatable bonds is 5. The molecule has 0 N–H and O–H groups in total. The first-order chi connectivity index (χ1) is 10.0. The van der Waals surface area contributed by atoms with Crippen molar-refractivity contribution in [2.24, 2.45) is 0 Å². The predicted octanol–water partition coefficient (Wildman–Crippen LogP) is 3.34. The number of carbonyl (C=O) groups is 1. The quantitative estimate of drug-likeness (QED) is 0.357. The van der Waals surface area contributed by atoms with E-state index in [1.165, 1.54) is 24.3 Å². The van der Waals surface area contributed by atoms with E-state index in [0.717, 1.165) is 4.47 Å². The van der Waals surface area contributed by atoms with Crippen LogP contribution in [0.25, 0.3) is 0 Å². The number of nitro benzene ring substituents is 1. The van der Waals surface area contributed by atoms with Crippen molar-refractivity contribution in [1.82, 2.24) is 0 Å². The molecule has 2 rings (SSSR count). The third-order valence-corrected chi connectivity index (χ3v) is 2.91. The zero-order chi connectivity index (χ0) is 15.2. The first-order valence-corrected chi connectivity index (χ1v) is 6.67. The molecule has 0 amide bonds. The summed E-state index contributed by atoms with van der Waals surface area (Å²) in [5.41, 5.74) is -0.145. The highest BCUT2D eigenvalue weighted by Gasteiger charge is 2.10. The number of nitrogens with zero attached hydrogens (tertiary/aromatic N) is 1. The molecule has 6 nitrogen and oxygen atoms in total. The molecule has 0 heterocycles. The number of hydrogen-bond acceptors (Lipinski definition) is 5. The smallest absolute Gasteiger partial charge is 0.349 e. The fraction of sp³-hybridized carbons (Fsp3) is 0.0714. The molecule has 7 heteroatoms. The monoisotopic (exact) mass is 351 g/mol. The number of carbonyl (C=O) groups excluding carboxylic acids is 1. The largest absolute Gasteiger partial charge is 0.482 e. The number of benzene rings is 2. The van der Waals surface area contributed by atoms with E-state index in [-0.39, 0.29) is 18.0 Å². The topological polar surface area (TPSA) is 78.7 Å². The van der Waals surface area contributed by atoms with Crippen LogP contribution in [-0.2, 0) is 4.79 Å². The molecule has 2 aromatic carbocycles. The average Bonchev–Trinajstić information content (AvgIpc) is 2.45. The van der Waals surface area contributed by atoms with Gasteiger partial charge in [-0.2, -0.15) is 0 Å². The first kappa shape index (κ1) is 15.0. The SMILES string of the molecule is O=C(COc1cccc(Br)c1)Oc1cccc([N+](=O)[O-])c1. The molecule has 0 saturated heterocycles. The van der Waals surface area contributed by atoms with Crippen LogP contribution in [0.1, 0.15) is 0 Å². The van der Waals surface area contributed by atoms with E-state index < -0.39 is 10.9 Å². The third kappa shape index (κ3) is 4.57. The molecule has 0 aromatic heterocycles. The van der Waals surface area contributed by atoms with Crippen molar-refractivity contribution in [2.45, 2.75) is 0 Å². The van der Waals surface area contributed by atoms with Crippen molar-refractivity contribution in [3.8, 4) is 11.5 Å². The standard InChI is InChI=1S/C14H10BrNO5/c15-10-3-1-5-12(7-10)20-9-14(17)21-13-6-2-4-11(8-13)16(18)19/h1-8H,9H2. The van der Waals surface area contributed by atoms with Crippen LogP contribution in [0.15, 0.2) is 53.0 Å². The van der Waals surface area contributed by atoms with Gasteiger partial charge >= 0.3 is 5.97 Å². The molecule has 21 heavy (non-hydrogen) atoms. The van der Waals surface area contributed by atoms with Gasteiger partial charge in [0.2, 0.25) is 0 Å². The van der Waals surface area contributed by atoms with Crippen molar-refractivity contribution in [2.75, 3.05) is 6.61 Å². The number of esters is 1. The van der Waals surface area contributed by atoms with E-state index in [4.69, 9.17) is 9.47 Å². The summed E-state index contributed by atoms with van der Waals surface area (Å²) >= 11 is 3.28. The molecule has 0 aliphatic heterocycles. The fourth-order valence-electron chi connectivity index (χ4n) is 1.52. The Morgan fingerprint density at radius 1 is 1.14 bits per heavy atom. The van der Waals surface area contributed by atoms with Crippen LogP contribution in [0, 0.1) is 10.1 Å². The average molecular weight is 352 g/mol. The van der Waals surface area contributed by atoms with Crippen LogP contribution in [-0.4, -0.2) is 17.5 Å². The lowest BCUT2D eigenvalue weighted by molar-refractivity contribution is -0.384. The lowest BCUT2D eigenvalue weighted by Gasteiger charge is -2.07. The zero-order valence-corrected chi connectivity index (χ0v) is 12.3. The van der Waals surface area contributed by atoms with E-state index in [1.54, 1.807) is 18.2 Å². The minimum atomic E-state index is -0.643. The van der Waals surface area contributed by atoms with Crippen molar-refractivity contribution in [3.05, 3.63) is 63.1 Å². The Morgan fingerprint density at radius 3 is 2.57 bits per heavy atom. The van der Waals surface area contributed by atoms with Gasteiger partial charge in [0.05, 0.1) is 11.0 Å². The van der Waals surface area contributed by atoms with Gasteiger partial charge in [0, 0.05) is 10.5 Å². The molecular formula is C14H10BrNO5. The first-order valence-electron chi connectivity index (χ1n) is 5.88. The summed E-state index contributed by atoms with van der Waals surface area (Å²) in [5.74, 6) is -0.0251. The number of ether oxygens (including phenoxy) is 2. The van der Waals surface area contributed by atoms with Gasteiger partial charge in [0.25, 0.3) is 5.69 Å². The van der Waals surface area contributed by atoms with Gasteiger partial charge in [0.1, 0.15) is 11.5 Å². The molecule has 108 valence electrons. The zero-order valence-electron chi connectivity index (χ0n) is 10.7. The predicted molar refractivity (Wildman–Crippen MR) is 78.4 cm³/mol. The molecule has 2 aromatic rings. The molecule has 0 saturated carbocycles. The Kier molecular flexibility index (Phi) is 4.89. The molecular weight excluding hydrogens is 342 g/mol. The minimum absolute atomic E-state index is 0.104. The maximum absolute atomic E-state index is 11.6. The number of halogens is 1. The van der Waals surface area contributed by atoms with Crippen LogP contribution in [0.4, 0.5) is 5.69 Å². The van der Waals surface area contributed by atoms with Crippen molar-refractivity contribution >= 4 is 27.6 Å². The lowest BCUT2D eigenvalue weighted by Crippen LogP contribution is -2.17. The lowest BCUT2D eigenvalue weighted by atomic mass is 10.3. The molecule has 0 bridgehead atoms. The van der Waals surface area contributed by atoms with Gasteiger partial charge in [0.15, 0.2) is 6.61 Å². The van der Waals surface area contributed by atoms with Gasteiger partial charge in [-0.05, 0) is 24.3 Å². The number of hydrogen-bond donors (Lipinski definition) is 0. The van der Waals surface area contributed by atoms with Gasteiger partial charge in [-0.25, -0.2) is 4.79 Å². The van der Waals surface area contributed by atoms with Gasteiger partial charge < -0.3 is 9.47 Å². The highest BCUT2D eigenvalue weighted by molar-refractivity contribution is 9.10. The van der Waals surface area contributed by atoms with E-state index in [9.17, 15) is 14.9 Å². The van der Waals surface area contributed by atoms with Gasteiger partial charge in [-0.3, -0.25) is 10.1 Å². The van der Waals surface area contributed by atoms with E-state index >= 15 is 0 Å².